The van der Waals surface area contributed by atoms with Crippen molar-refractivity contribution in [3.63, 3.8) is 0 Å². The van der Waals surface area contributed by atoms with Crippen LogP contribution in [0.3, 0.4) is 0 Å². The van der Waals surface area contributed by atoms with Gasteiger partial charge in [0.1, 0.15) is 11.5 Å². The van der Waals surface area contributed by atoms with Crippen molar-refractivity contribution in [1.29, 1.82) is 0 Å². The Hall–Kier alpha value is -3.15. The molecule has 0 saturated heterocycles. The van der Waals surface area contributed by atoms with Crippen LogP contribution < -0.4 is 10.1 Å². The second kappa shape index (κ2) is 7.84. The standard InChI is InChI=1S/C22H23N3O3/c1-15(17-7-9-20-18(13-17)11-12-28-20)23-22(27)19-8-10-21(26)25(24-19)14-16-5-3-2-4-6-16/h2-7,9,13,15H,8,10-12,14H2,1H3,(H,23,27). The fraction of sp³-hybridized carbons (Fsp3) is 0.318. The molecule has 0 radical (unpaired) electrons. The Morgan fingerprint density at radius 2 is 2.00 bits per heavy atom. The van der Waals surface area contributed by atoms with Gasteiger partial charge < -0.3 is 10.1 Å². The highest BCUT2D eigenvalue weighted by Crippen LogP contribution is 2.28. The number of carbonyl (C=O) groups excluding carboxylic acids is 2. The number of nitrogens with zero attached hydrogens (tertiary/aromatic N) is 2. The van der Waals surface area contributed by atoms with Crippen LogP contribution in [-0.2, 0) is 22.6 Å². The number of nitrogens with one attached hydrogen (secondary N) is 1. The zero-order chi connectivity index (χ0) is 19.5. The van der Waals surface area contributed by atoms with Gasteiger partial charge in [-0.2, -0.15) is 5.10 Å². The molecular weight excluding hydrogens is 354 g/mol. The SMILES string of the molecule is CC(NC(=O)C1=NN(Cc2ccccc2)C(=O)CC1)c1ccc2c(c1)CCO2. The first-order valence-electron chi connectivity index (χ1n) is 9.58. The monoisotopic (exact) mass is 377 g/mol. The van der Waals surface area contributed by atoms with E-state index in [1.807, 2.05) is 49.4 Å². The smallest absolute Gasteiger partial charge is 0.267 e. The van der Waals surface area contributed by atoms with E-state index in [-0.39, 0.29) is 17.9 Å². The number of ether oxygens (including phenoxy) is 1. The van der Waals surface area contributed by atoms with E-state index in [4.69, 9.17) is 4.74 Å². The van der Waals surface area contributed by atoms with Gasteiger partial charge in [-0.1, -0.05) is 36.4 Å². The van der Waals surface area contributed by atoms with Crippen molar-refractivity contribution < 1.29 is 14.3 Å². The van der Waals surface area contributed by atoms with E-state index in [2.05, 4.69) is 16.5 Å². The average Bonchev–Trinajstić information content (AvgIpc) is 3.18. The Kier molecular flexibility index (Phi) is 5.10. The largest absolute Gasteiger partial charge is 0.493 e. The summed E-state index contributed by atoms with van der Waals surface area (Å²) in [4.78, 5) is 24.9. The molecule has 6 nitrogen and oxygen atoms in total. The van der Waals surface area contributed by atoms with Gasteiger partial charge in [0.15, 0.2) is 0 Å². The van der Waals surface area contributed by atoms with Crippen LogP contribution in [0.2, 0.25) is 0 Å². The maximum absolute atomic E-state index is 12.7. The molecule has 1 N–H and O–H groups in total. The number of hydrogen-bond acceptors (Lipinski definition) is 4. The van der Waals surface area contributed by atoms with Crippen LogP contribution >= 0.6 is 0 Å². The average molecular weight is 377 g/mol. The third-order valence-corrected chi connectivity index (χ3v) is 5.10. The molecule has 0 fully saturated rings. The van der Waals surface area contributed by atoms with Crippen LogP contribution in [0.15, 0.2) is 53.6 Å². The van der Waals surface area contributed by atoms with Gasteiger partial charge in [0.05, 0.1) is 19.2 Å². The highest BCUT2D eigenvalue weighted by Gasteiger charge is 2.25. The summed E-state index contributed by atoms with van der Waals surface area (Å²) in [5, 5.41) is 8.73. The third kappa shape index (κ3) is 3.91. The van der Waals surface area contributed by atoms with Gasteiger partial charge in [0.25, 0.3) is 5.91 Å². The van der Waals surface area contributed by atoms with Gasteiger partial charge in [-0.05, 0) is 35.7 Å². The summed E-state index contributed by atoms with van der Waals surface area (Å²) in [6.07, 6.45) is 1.55. The molecule has 1 atom stereocenters. The molecule has 2 aromatic carbocycles. The van der Waals surface area contributed by atoms with Gasteiger partial charge in [0.2, 0.25) is 5.91 Å². The predicted molar refractivity (Wildman–Crippen MR) is 106 cm³/mol. The van der Waals surface area contributed by atoms with Crippen LogP contribution in [0.4, 0.5) is 0 Å². The third-order valence-electron chi connectivity index (χ3n) is 5.10. The Morgan fingerprint density at radius 1 is 1.18 bits per heavy atom. The minimum atomic E-state index is -0.227. The van der Waals surface area contributed by atoms with Crippen molar-refractivity contribution in [3.05, 3.63) is 65.2 Å². The zero-order valence-corrected chi connectivity index (χ0v) is 15.9. The first-order chi connectivity index (χ1) is 13.6. The second-order valence-electron chi connectivity index (χ2n) is 7.14. The van der Waals surface area contributed by atoms with Gasteiger partial charge in [-0.15, -0.1) is 0 Å². The van der Waals surface area contributed by atoms with E-state index < -0.39 is 0 Å². The van der Waals surface area contributed by atoms with E-state index in [0.717, 1.165) is 23.3 Å². The Labute approximate surface area is 164 Å². The highest BCUT2D eigenvalue weighted by atomic mass is 16.5. The molecule has 0 aromatic heterocycles. The van der Waals surface area contributed by atoms with Crippen molar-refractivity contribution >= 4 is 17.5 Å². The van der Waals surface area contributed by atoms with E-state index >= 15 is 0 Å². The van der Waals surface area contributed by atoms with Gasteiger partial charge >= 0.3 is 0 Å². The molecule has 0 bridgehead atoms. The second-order valence-corrected chi connectivity index (χ2v) is 7.14. The van der Waals surface area contributed by atoms with Crippen LogP contribution in [0, 0.1) is 0 Å². The zero-order valence-electron chi connectivity index (χ0n) is 15.9. The summed E-state index contributed by atoms with van der Waals surface area (Å²) in [7, 11) is 0. The Balaban J connectivity index is 1.44. The number of carbonyl (C=O) groups is 2. The van der Waals surface area contributed by atoms with Gasteiger partial charge in [-0.3, -0.25) is 9.59 Å². The Morgan fingerprint density at radius 3 is 2.82 bits per heavy atom. The highest BCUT2D eigenvalue weighted by molar-refractivity contribution is 6.39. The van der Waals surface area contributed by atoms with Crippen molar-refractivity contribution in [2.75, 3.05) is 6.61 Å². The van der Waals surface area contributed by atoms with Crippen LogP contribution in [0.1, 0.15) is 42.5 Å². The normalized spacial score (nSPS) is 16.8. The number of hydrazone groups is 1. The van der Waals surface area contributed by atoms with Gasteiger partial charge in [-0.25, -0.2) is 5.01 Å². The van der Waals surface area contributed by atoms with Crippen LogP contribution in [0.25, 0.3) is 0 Å². The van der Waals surface area contributed by atoms with Crippen molar-refractivity contribution in [2.24, 2.45) is 5.10 Å². The molecular formula is C22H23N3O3. The minimum absolute atomic E-state index is 0.0629. The molecule has 6 heteroatoms. The molecule has 0 aliphatic carbocycles. The first kappa shape index (κ1) is 18.2. The fourth-order valence-corrected chi connectivity index (χ4v) is 3.48. The molecule has 144 valence electrons. The van der Waals surface area contributed by atoms with Crippen LogP contribution in [0.5, 0.6) is 5.75 Å². The number of amides is 2. The summed E-state index contributed by atoms with van der Waals surface area (Å²) >= 11 is 0. The molecule has 2 amide bonds. The lowest BCUT2D eigenvalue weighted by Gasteiger charge is -2.24. The van der Waals surface area contributed by atoms with E-state index in [0.29, 0.717) is 31.7 Å². The quantitative estimate of drug-likeness (QED) is 0.871. The van der Waals surface area contributed by atoms with Crippen molar-refractivity contribution in [1.82, 2.24) is 10.3 Å². The summed E-state index contributed by atoms with van der Waals surface area (Å²) in [6, 6.07) is 15.5. The molecule has 0 spiro atoms. The fourth-order valence-electron chi connectivity index (χ4n) is 3.48. The lowest BCUT2D eigenvalue weighted by Crippen LogP contribution is -2.39. The summed E-state index contributed by atoms with van der Waals surface area (Å²) in [5.41, 5.74) is 3.58. The molecule has 2 aliphatic heterocycles. The summed E-state index contributed by atoms with van der Waals surface area (Å²) in [6.45, 7) is 3.03. The molecule has 2 aromatic rings. The molecule has 28 heavy (non-hydrogen) atoms. The lowest BCUT2D eigenvalue weighted by molar-refractivity contribution is -0.132. The maximum atomic E-state index is 12.7. The Bertz CT molecular complexity index is 924. The van der Waals surface area contributed by atoms with E-state index in [1.165, 1.54) is 10.6 Å². The maximum Gasteiger partial charge on any atom is 0.267 e. The molecule has 1 unspecified atom stereocenters. The minimum Gasteiger partial charge on any atom is -0.493 e. The first-order valence-corrected chi connectivity index (χ1v) is 9.58. The van der Waals surface area contributed by atoms with Crippen molar-refractivity contribution in [3.8, 4) is 5.75 Å². The van der Waals surface area contributed by atoms with Gasteiger partial charge in [0, 0.05) is 19.3 Å². The molecule has 0 saturated carbocycles. The lowest BCUT2D eigenvalue weighted by atomic mass is 10.0. The predicted octanol–water partition coefficient (Wildman–Crippen LogP) is 2.98. The summed E-state index contributed by atoms with van der Waals surface area (Å²) < 4.78 is 5.54. The van der Waals surface area contributed by atoms with Crippen molar-refractivity contribution in [2.45, 2.75) is 38.8 Å². The molecule has 4 rings (SSSR count). The van der Waals surface area contributed by atoms with E-state index in [1.54, 1.807) is 0 Å². The topological polar surface area (TPSA) is 71.0 Å². The summed E-state index contributed by atoms with van der Waals surface area (Å²) in [5.74, 6) is 0.635. The number of benzene rings is 2. The molecule has 2 heterocycles. The molecule has 2 aliphatic rings. The number of fused-ring (bicyclic) bond motifs is 1. The number of hydrogen-bond donors (Lipinski definition) is 1. The number of rotatable bonds is 5. The van der Waals surface area contributed by atoms with Crippen LogP contribution in [-0.4, -0.2) is 29.1 Å². The van der Waals surface area contributed by atoms with E-state index in [9.17, 15) is 9.59 Å².